The van der Waals surface area contributed by atoms with Gasteiger partial charge in [0.05, 0.1) is 0 Å². The van der Waals surface area contributed by atoms with Crippen LogP contribution in [-0.2, 0) is 21.4 Å². The van der Waals surface area contributed by atoms with Crippen molar-refractivity contribution in [3.8, 4) is 0 Å². The number of hydrogen-bond acceptors (Lipinski definition) is 2. The molecule has 2 N–H and O–H groups in total. The van der Waals surface area contributed by atoms with Crippen LogP contribution < -0.4 is 5.32 Å². The van der Waals surface area contributed by atoms with Crippen LogP contribution in [0, 0.1) is 5.92 Å². The summed E-state index contributed by atoms with van der Waals surface area (Å²) in [5.41, 5.74) is 2.82. The van der Waals surface area contributed by atoms with Crippen LogP contribution in [0.5, 0.6) is 0 Å². The quantitative estimate of drug-likeness (QED) is 0.816. The molecule has 4 heteroatoms. The fraction of sp³-hybridized carbons (Fsp3) is 0.529. The van der Waals surface area contributed by atoms with Gasteiger partial charge in [0, 0.05) is 24.3 Å². The van der Waals surface area contributed by atoms with Gasteiger partial charge in [0.1, 0.15) is 0 Å². The fourth-order valence-corrected chi connectivity index (χ4v) is 3.75. The minimum atomic E-state index is -0.812. The molecule has 2 aliphatic rings. The molecule has 1 fully saturated rings. The second-order valence-electron chi connectivity index (χ2n) is 6.21. The highest BCUT2D eigenvalue weighted by Crippen LogP contribution is 2.60. The summed E-state index contributed by atoms with van der Waals surface area (Å²) in [6, 6.07) is 8.48. The largest absolute Gasteiger partial charge is 0.481 e. The van der Waals surface area contributed by atoms with Gasteiger partial charge in [0.15, 0.2) is 0 Å². The van der Waals surface area contributed by atoms with Gasteiger partial charge >= 0.3 is 5.97 Å². The molecule has 0 unspecified atom stereocenters. The van der Waals surface area contributed by atoms with E-state index in [-0.39, 0.29) is 23.7 Å². The number of rotatable bonds is 5. The molecule has 0 aromatic heterocycles. The molecule has 3 rings (SSSR count). The maximum Gasteiger partial charge on any atom is 0.303 e. The number of carbonyl (C=O) groups is 2. The fourth-order valence-electron chi connectivity index (χ4n) is 3.75. The van der Waals surface area contributed by atoms with E-state index in [1.54, 1.807) is 0 Å². The summed E-state index contributed by atoms with van der Waals surface area (Å²) < 4.78 is 0. The first-order valence-corrected chi connectivity index (χ1v) is 7.71. The van der Waals surface area contributed by atoms with Crippen molar-refractivity contribution in [1.29, 1.82) is 0 Å². The van der Waals surface area contributed by atoms with Crippen molar-refractivity contribution in [3.63, 3.8) is 0 Å². The third-order valence-corrected chi connectivity index (χ3v) is 4.88. The van der Waals surface area contributed by atoms with Gasteiger partial charge in [-0.3, -0.25) is 9.59 Å². The second-order valence-corrected chi connectivity index (χ2v) is 6.21. The molecule has 112 valence electrons. The van der Waals surface area contributed by atoms with Gasteiger partial charge in [-0.05, 0) is 43.2 Å². The first-order valence-electron chi connectivity index (χ1n) is 7.71. The van der Waals surface area contributed by atoms with E-state index >= 15 is 0 Å². The number of benzene rings is 1. The Morgan fingerprint density at radius 1 is 1.33 bits per heavy atom. The molecule has 0 bridgehead atoms. The SMILES string of the molecule is O=C(O)CCCNC(=O)[C@@H]1C[C@]12CCCc1ccccc12. The van der Waals surface area contributed by atoms with E-state index in [2.05, 4.69) is 29.6 Å². The average Bonchev–Trinajstić information content (AvgIpc) is 3.19. The van der Waals surface area contributed by atoms with Crippen LogP contribution in [0.25, 0.3) is 0 Å². The highest BCUT2D eigenvalue weighted by atomic mass is 16.4. The molecule has 1 spiro atoms. The van der Waals surface area contributed by atoms with Gasteiger partial charge in [-0.1, -0.05) is 24.3 Å². The number of aliphatic carboxylic acids is 1. The van der Waals surface area contributed by atoms with Crippen LogP contribution in [0.3, 0.4) is 0 Å². The monoisotopic (exact) mass is 287 g/mol. The second kappa shape index (κ2) is 5.51. The molecule has 1 aromatic rings. The third-order valence-electron chi connectivity index (χ3n) is 4.88. The molecule has 0 radical (unpaired) electrons. The molecule has 1 saturated carbocycles. The minimum absolute atomic E-state index is 0.0612. The van der Waals surface area contributed by atoms with Crippen molar-refractivity contribution < 1.29 is 14.7 Å². The lowest BCUT2D eigenvalue weighted by atomic mass is 9.78. The standard InChI is InChI=1S/C17H21NO3/c19-15(20)8-4-10-18-16(21)14-11-17(14)9-3-6-12-5-1-2-7-13(12)17/h1-2,5,7,14H,3-4,6,8-11H2,(H,18,21)(H,19,20)/t14-,17-/m0/s1. The van der Waals surface area contributed by atoms with Crippen LogP contribution in [0.1, 0.15) is 43.2 Å². The predicted molar refractivity (Wildman–Crippen MR) is 79.0 cm³/mol. The van der Waals surface area contributed by atoms with Crippen molar-refractivity contribution >= 4 is 11.9 Å². The molecule has 2 atom stereocenters. The lowest BCUT2D eigenvalue weighted by molar-refractivity contribution is -0.137. The number of carboxylic acid groups (broad SMARTS) is 1. The van der Waals surface area contributed by atoms with Crippen molar-refractivity contribution in [3.05, 3.63) is 35.4 Å². The normalized spacial score (nSPS) is 26.2. The van der Waals surface area contributed by atoms with Crippen molar-refractivity contribution in [2.75, 3.05) is 6.54 Å². The number of fused-ring (bicyclic) bond motifs is 2. The minimum Gasteiger partial charge on any atom is -0.481 e. The Morgan fingerprint density at radius 2 is 2.14 bits per heavy atom. The summed E-state index contributed by atoms with van der Waals surface area (Å²) in [6.45, 7) is 0.458. The molecule has 2 aliphatic carbocycles. The van der Waals surface area contributed by atoms with Gasteiger partial charge in [0.2, 0.25) is 5.91 Å². The zero-order valence-corrected chi connectivity index (χ0v) is 12.1. The number of carboxylic acids is 1. The van der Waals surface area contributed by atoms with E-state index in [1.165, 1.54) is 11.1 Å². The topological polar surface area (TPSA) is 66.4 Å². The van der Waals surface area contributed by atoms with Crippen molar-refractivity contribution in [2.45, 2.75) is 43.9 Å². The molecule has 21 heavy (non-hydrogen) atoms. The zero-order chi connectivity index (χ0) is 14.9. The smallest absolute Gasteiger partial charge is 0.303 e. The lowest BCUT2D eigenvalue weighted by Crippen LogP contribution is -2.31. The molecular weight excluding hydrogens is 266 g/mol. The number of carbonyl (C=O) groups excluding carboxylic acids is 1. The van der Waals surface area contributed by atoms with E-state index < -0.39 is 5.97 Å². The van der Waals surface area contributed by atoms with Gasteiger partial charge in [-0.15, -0.1) is 0 Å². The van der Waals surface area contributed by atoms with Crippen molar-refractivity contribution in [2.24, 2.45) is 5.92 Å². The van der Waals surface area contributed by atoms with Gasteiger partial charge in [-0.2, -0.15) is 0 Å². The van der Waals surface area contributed by atoms with E-state index in [4.69, 9.17) is 5.11 Å². The highest BCUT2D eigenvalue weighted by Gasteiger charge is 2.59. The van der Waals surface area contributed by atoms with Crippen LogP contribution >= 0.6 is 0 Å². The zero-order valence-electron chi connectivity index (χ0n) is 12.1. The van der Waals surface area contributed by atoms with Gasteiger partial charge < -0.3 is 10.4 Å². The number of amides is 1. The highest BCUT2D eigenvalue weighted by molar-refractivity contribution is 5.84. The van der Waals surface area contributed by atoms with E-state index in [1.807, 2.05) is 0 Å². The number of hydrogen-bond donors (Lipinski definition) is 2. The van der Waals surface area contributed by atoms with Crippen LogP contribution in [0.4, 0.5) is 0 Å². The molecular formula is C17H21NO3. The van der Waals surface area contributed by atoms with Crippen LogP contribution in [0.15, 0.2) is 24.3 Å². The molecule has 0 aliphatic heterocycles. The summed E-state index contributed by atoms with van der Waals surface area (Å²) in [4.78, 5) is 22.7. The first kappa shape index (κ1) is 14.1. The van der Waals surface area contributed by atoms with Crippen LogP contribution in [-0.4, -0.2) is 23.5 Å². The Bertz CT molecular complexity index is 569. The predicted octanol–water partition coefficient (Wildman–Crippen LogP) is 2.26. The Balaban J connectivity index is 1.61. The third kappa shape index (κ3) is 2.67. The van der Waals surface area contributed by atoms with E-state index in [9.17, 15) is 9.59 Å². The summed E-state index contributed by atoms with van der Waals surface area (Å²) in [5.74, 6) is -0.644. The maximum atomic E-state index is 12.3. The Hall–Kier alpha value is -1.84. The summed E-state index contributed by atoms with van der Waals surface area (Å²) in [5, 5.41) is 11.5. The molecule has 4 nitrogen and oxygen atoms in total. The molecule has 0 saturated heterocycles. The van der Waals surface area contributed by atoms with Crippen LogP contribution in [0.2, 0.25) is 0 Å². The maximum absolute atomic E-state index is 12.3. The van der Waals surface area contributed by atoms with Gasteiger partial charge in [0.25, 0.3) is 0 Å². The Morgan fingerprint density at radius 3 is 2.95 bits per heavy atom. The number of nitrogens with one attached hydrogen (secondary N) is 1. The molecule has 1 amide bonds. The molecule has 1 aromatic carbocycles. The van der Waals surface area contributed by atoms with E-state index in [0.29, 0.717) is 13.0 Å². The van der Waals surface area contributed by atoms with E-state index in [0.717, 1.165) is 25.7 Å². The lowest BCUT2D eigenvalue weighted by Gasteiger charge is -2.26. The van der Waals surface area contributed by atoms with Crippen molar-refractivity contribution in [1.82, 2.24) is 5.32 Å². The summed E-state index contributed by atoms with van der Waals surface area (Å²) >= 11 is 0. The average molecular weight is 287 g/mol. The Labute approximate surface area is 124 Å². The summed E-state index contributed by atoms with van der Waals surface area (Å²) in [7, 11) is 0. The first-order chi connectivity index (χ1) is 10.1. The summed E-state index contributed by atoms with van der Waals surface area (Å²) in [6.07, 6.45) is 4.91. The Kier molecular flexibility index (Phi) is 3.70. The van der Waals surface area contributed by atoms with Gasteiger partial charge in [-0.25, -0.2) is 0 Å². The molecule has 0 heterocycles. The number of aryl methyl sites for hydroxylation is 1.